The van der Waals surface area contributed by atoms with Gasteiger partial charge < -0.3 is 5.11 Å². The average molecular weight is 245 g/mol. The molecule has 0 amide bonds. The van der Waals surface area contributed by atoms with E-state index in [9.17, 15) is 26.3 Å². The SMILES string of the molecule is OCc1cc(C(F)F)c(F)c(C(F)(F)F)n1. The molecular weight excluding hydrogens is 240 g/mol. The fraction of sp³-hybridized carbons (Fsp3) is 0.375. The van der Waals surface area contributed by atoms with Crippen molar-refractivity contribution in [2.45, 2.75) is 19.2 Å². The lowest BCUT2D eigenvalue weighted by Gasteiger charge is -2.11. The fourth-order valence-corrected chi connectivity index (χ4v) is 1.03. The van der Waals surface area contributed by atoms with Crippen molar-refractivity contribution in [2.75, 3.05) is 0 Å². The predicted octanol–water partition coefficient (Wildman–Crippen LogP) is 2.67. The number of halogens is 6. The van der Waals surface area contributed by atoms with Gasteiger partial charge in [0.25, 0.3) is 6.43 Å². The molecule has 0 atom stereocenters. The Labute approximate surface area is 85.5 Å². The van der Waals surface area contributed by atoms with E-state index >= 15 is 0 Å². The number of hydrogen-bond acceptors (Lipinski definition) is 2. The van der Waals surface area contributed by atoms with E-state index in [0.29, 0.717) is 6.07 Å². The van der Waals surface area contributed by atoms with Crippen LogP contribution in [-0.4, -0.2) is 10.1 Å². The standard InChI is InChI=1S/C8H5F6NO/c9-5-4(7(10)11)1-3(2-16)15-6(5)8(12,13)14/h1,7,16H,2H2. The lowest BCUT2D eigenvalue weighted by Crippen LogP contribution is -2.15. The average Bonchev–Trinajstić information content (AvgIpc) is 2.15. The van der Waals surface area contributed by atoms with Crippen molar-refractivity contribution in [1.82, 2.24) is 4.98 Å². The van der Waals surface area contributed by atoms with Crippen LogP contribution in [0.4, 0.5) is 26.3 Å². The second kappa shape index (κ2) is 4.28. The van der Waals surface area contributed by atoms with Crippen LogP contribution in [0.1, 0.15) is 23.4 Å². The topological polar surface area (TPSA) is 33.1 Å². The molecule has 0 saturated heterocycles. The number of hydrogen-bond donors (Lipinski definition) is 1. The largest absolute Gasteiger partial charge is 0.436 e. The summed E-state index contributed by atoms with van der Waals surface area (Å²) in [5, 5.41) is 8.53. The minimum absolute atomic E-state index is 0.398. The third-order valence-electron chi connectivity index (χ3n) is 1.70. The van der Waals surface area contributed by atoms with Gasteiger partial charge in [0.1, 0.15) is 0 Å². The second-order valence-corrected chi connectivity index (χ2v) is 2.82. The van der Waals surface area contributed by atoms with E-state index in [1.807, 2.05) is 0 Å². The smallest absolute Gasteiger partial charge is 0.390 e. The maximum Gasteiger partial charge on any atom is 0.436 e. The molecule has 90 valence electrons. The van der Waals surface area contributed by atoms with Crippen LogP contribution in [0.15, 0.2) is 6.07 Å². The van der Waals surface area contributed by atoms with Crippen LogP contribution >= 0.6 is 0 Å². The van der Waals surface area contributed by atoms with Crippen molar-refractivity contribution >= 4 is 0 Å². The summed E-state index contributed by atoms with van der Waals surface area (Å²) in [6.07, 6.45) is -8.59. The first-order valence-electron chi connectivity index (χ1n) is 3.93. The molecule has 1 aromatic rings. The lowest BCUT2D eigenvalue weighted by molar-refractivity contribution is -0.144. The Morgan fingerprint density at radius 3 is 2.25 bits per heavy atom. The summed E-state index contributed by atoms with van der Waals surface area (Å²) in [5.74, 6) is -2.11. The number of pyridine rings is 1. The lowest BCUT2D eigenvalue weighted by atomic mass is 10.1. The molecule has 8 heteroatoms. The monoisotopic (exact) mass is 245 g/mol. The Balaban J connectivity index is 3.44. The van der Waals surface area contributed by atoms with Gasteiger partial charge in [-0.2, -0.15) is 13.2 Å². The number of alkyl halides is 5. The minimum Gasteiger partial charge on any atom is -0.390 e. The van der Waals surface area contributed by atoms with Crippen LogP contribution in [-0.2, 0) is 12.8 Å². The highest BCUT2D eigenvalue weighted by Gasteiger charge is 2.38. The van der Waals surface area contributed by atoms with Crippen molar-refractivity contribution in [3.05, 3.63) is 28.8 Å². The maximum atomic E-state index is 13.0. The van der Waals surface area contributed by atoms with E-state index in [2.05, 4.69) is 4.98 Å². The predicted molar refractivity (Wildman–Crippen MR) is 40.1 cm³/mol. The summed E-state index contributed by atoms with van der Waals surface area (Å²) in [6, 6.07) is 0.398. The molecule has 1 aromatic heterocycles. The summed E-state index contributed by atoms with van der Waals surface area (Å²) in [4.78, 5) is 2.72. The van der Waals surface area contributed by atoms with Crippen molar-refractivity contribution in [2.24, 2.45) is 0 Å². The van der Waals surface area contributed by atoms with E-state index in [-0.39, 0.29) is 0 Å². The molecule has 0 bridgehead atoms. The van der Waals surface area contributed by atoms with Gasteiger partial charge >= 0.3 is 6.18 Å². The molecule has 0 aliphatic carbocycles. The highest BCUT2D eigenvalue weighted by molar-refractivity contribution is 5.26. The molecule has 0 spiro atoms. The summed E-state index contributed by atoms with van der Waals surface area (Å²) in [7, 11) is 0. The van der Waals surface area contributed by atoms with Gasteiger partial charge in [-0.05, 0) is 6.07 Å². The van der Waals surface area contributed by atoms with E-state index in [1.165, 1.54) is 0 Å². The molecule has 0 radical (unpaired) electrons. The Kier molecular flexibility index (Phi) is 3.41. The molecule has 1 heterocycles. The fourth-order valence-electron chi connectivity index (χ4n) is 1.03. The van der Waals surface area contributed by atoms with Gasteiger partial charge in [0.2, 0.25) is 0 Å². The van der Waals surface area contributed by atoms with Gasteiger partial charge in [-0.3, -0.25) is 0 Å². The second-order valence-electron chi connectivity index (χ2n) is 2.82. The zero-order valence-electron chi connectivity index (χ0n) is 7.52. The van der Waals surface area contributed by atoms with Crippen LogP contribution in [0.2, 0.25) is 0 Å². The molecule has 0 saturated carbocycles. The zero-order chi connectivity index (χ0) is 12.5. The summed E-state index contributed by atoms with van der Waals surface area (Å²) < 4.78 is 73.9. The Morgan fingerprint density at radius 1 is 1.31 bits per heavy atom. The molecule has 1 N–H and O–H groups in total. The molecule has 2 nitrogen and oxygen atoms in total. The number of aliphatic hydroxyl groups is 1. The number of rotatable bonds is 2. The molecule has 0 fully saturated rings. The minimum atomic E-state index is -5.18. The summed E-state index contributed by atoms with van der Waals surface area (Å²) in [5.41, 5.74) is -4.13. The van der Waals surface area contributed by atoms with Crippen molar-refractivity contribution < 1.29 is 31.4 Å². The third kappa shape index (κ3) is 2.43. The first kappa shape index (κ1) is 12.8. The normalized spacial score (nSPS) is 12.2. The maximum absolute atomic E-state index is 13.0. The van der Waals surface area contributed by atoms with Gasteiger partial charge in [0, 0.05) is 0 Å². The first-order valence-corrected chi connectivity index (χ1v) is 3.93. The van der Waals surface area contributed by atoms with E-state index < -0.39 is 42.0 Å². The molecule has 1 rings (SSSR count). The van der Waals surface area contributed by atoms with Crippen LogP contribution in [0, 0.1) is 5.82 Å². The summed E-state index contributed by atoms with van der Waals surface area (Å²) >= 11 is 0. The number of aromatic nitrogens is 1. The Bertz CT molecular complexity index is 389. The summed E-state index contributed by atoms with van der Waals surface area (Å²) in [6.45, 7) is -0.983. The van der Waals surface area contributed by atoms with Gasteiger partial charge in [0.05, 0.1) is 17.9 Å². The van der Waals surface area contributed by atoms with E-state index in [4.69, 9.17) is 5.11 Å². The van der Waals surface area contributed by atoms with Crippen LogP contribution in [0.3, 0.4) is 0 Å². The molecule has 0 aromatic carbocycles. The van der Waals surface area contributed by atoms with Gasteiger partial charge in [-0.15, -0.1) is 0 Å². The first-order chi connectivity index (χ1) is 7.27. The van der Waals surface area contributed by atoms with Crippen molar-refractivity contribution in [3.8, 4) is 0 Å². The Hall–Kier alpha value is -1.31. The van der Waals surface area contributed by atoms with Gasteiger partial charge in [0.15, 0.2) is 11.5 Å². The van der Waals surface area contributed by atoms with Gasteiger partial charge in [-0.25, -0.2) is 18.2 Å². The molecule has 0 aliphatic heterocycles. The molecule has 0 aliphatic rings. The zero-order valence-corrected chi connectivity index (χ0v) is 7.52. The van der Waals surface area contributed by atoms with Gasteiger partial charge in [-0.1, -0.05) is 0 Å². The van der Waals surface area contributed by atoms with E-state index in [0.717, 1.165) is 0 Å². The van der Waals surface area contributed by atoms with E-state index in [1.54, 1.807) is 0 Å². The van der Waals surface area contributed by atoms with Crippen LogP contribution in [0.5, 0.6) is 0 Å². The number of nitrogens with zero attached hydrogens (tertiary/aromatic N) is 1. The molecular formula is C8H5F6NO. The number of aliphatic hydroxyl groups excluding tert-OH is 1. The highest BCUT2D eigenvalue weighted by Crippen LogP contribution is 2.34. The quantitative estimate of drug-likeness (QED) is 0.812. The van der Waals surface area contributed by atoms with Crippen molar-refractivity contribution in [3.63, 3.8) is 0 Å². The molecule has 0 unspecified atom stereocenters. The van der Waals surface area contributed by atoms with Crippen LogP contribution in [0.25, 0.3) is 0 Å². The van der Waals surface area contributed by atoms with Crippen LogP contribution < -0.4 is 0 Å². The Morgan fingerprint density at radius 2 is 1.88 bits per heavy atom. The highest BCUT2D eigenvalue weighted by atomic mass is 19.4. The molecule has 16 heavy (non-hydrogen) atoms. The van der Waals surface area contributed by atoms with Crippen molar-refractivity contribution in [1.29, 1.82) is 0 Å². The third-order valence-corrected chi connectivity index (χ3v) is 1.70.